The van der Waals surface area contributed by atoms with Crippen LogP contribution in [0.2, 0.25) is 5.02 Å². The summed E-state index contributed by atoms with van der Waals surface area (Å²) in [4.78, 5) is 11.2. The minimum absolute atomic E-state index is 0.118. The van der Waals surface area contributed by atoms with E-state index in [1.54, 1.807) is 19.5 Å². The SMILES string of the molecule is CO[C@@H]1C[C@H]2CN(c3ccc(Cl)cn3)C[C@H]2C[C@H]1n1cc(-c2ccccn2)nn1. The predicted molar refractivity (Wildman–Crippen MR) is 111 cm³/mol. The molecule has 7 nitrogen and oxygen atoms in total. The second kappa shape index (κ2) is 7.72. The monoisotopic (exact) mass is 410 g/mol. The normalized spacial score (nSPS) is 26.5. The van der Waals surface area contributed by atoms with Gasteiger partial charge >= 0.3 is 0 Å². The lowest BCUT2D eigenvalue weighted by atomic mass is 9.77. The molecule has 0 spiro atoms. The molecule has 4 atom stereocenters. The second-order valence-electron chi connectivity index (χ2n) is 7.87. The van der Waals surface area contributed by atoms with Gasteiger partial charge in [0.2, 0.25) is 0 Å². The van der Waals surface area contributed by atoms with Crippen LogP contribution in [-0.4, -0.2) is 51.3 Å². The van der Waals surface area contributed by atoms with Crippen molar-refractivity contribution in [3.8, 4) is 11.4 Å². The van der Waals surface area contributed by atoms with Crippen LogP contribution in [0.4, 0.5) is 5.82 Å². The van der Waals surface area contributed by atoms with Crippen molar-refractivity contribution in [2.45, 2.75) is 25.0 Å². The van der Waals surface area contributed by atoms with E-state index in [-0.39, 0.29) is 12.1 Å². The van der Waals surface area contributed by atoms with E-state index >= 15 is 0 Å². The molecule has 3 aromatic rings. The van der Waals surface area contributed by atoms with Gasteiger partial charge in [-0.2, -0.15) is 0 Å². The highest BCUT2D eigenvalue weighted by atomic mass is 35.5. The molecule has 2 fully saturated rings. The molecule has 8 heteroatoms. The molecule has 0 amide bonds. The Morgan fingerprint density at radius 3 is 2.62 bits per heavy atom. The average molecular weight is 411 g/mol. The van der Waals surface area contributed by atoms with E-state index in [0.717, 1.165) is 43.1 Å². The Bertz CT molecular complexity index is 963. The van der Waals surface area contributed by atoms with Gasteiger partial charge in [0.15, 0.2) is 0 Å². The minimum atomic E-state index is 0.118. The fourth-order valence-electron chi connectivity index (χ4n) is 4.73. The maximum absolute atomic E-state index is 5.99. The Morgan fingerprint density at radius 1 is 1.03 bits per heavy atom. The number of hydrogen-bond acceptors (Lipinski definition) is 6. The van der Waals surface area contributed by atoms with Gasteiger partial charge < -0.3 is 9.64 Å². The third kappa shape index (κ3) is 3.60. The zero-order chi connectivity index (χ0) is 19.8. The summed E-state index contributed by atoms with van der Waals surface area (Å²) in [5.74, 6) is 2.16. The van der Waals surface area contributed by atoms with Crippen molar-refractivity contribution >= 4 is 17.4 Å². The Morgan fingerprint density at radius 2 is 1.90 bits per heavy atom. The largest absolute Gasteiger partial charge is 0.379 e. The molecule has 3 aromatic heterocycles. The van der Waals surface area contributed by atoms with E-state index in [0.29, 0.717) is 16.9 Å². The van der Waals surface area contributed by atoms with Gasteiger partial charge in [-0.05, 0) is 48.9 Å². The van der Waals surface area contributed by atoms with Crippen molar-refractivity contribution in [2.24, 2.45) is 11.8 Å². The number of fused-ring (bicyclic) bond motifs is 1. The summed E-state index contributed by atoms with van der Waals surface area (Å²) in [6, 6.07) is 9.89. The van der Waals surface area contributed by atoms with Crippen molar-refractivity contribution in [3.05, 3.63) is 53.9 Å². The quantitative estimate of drug-likeness (QED) is 0.655. The van der Waals surface area contributed by atoms with E-state index < -0.39 is 0 Å². The highest BCUT2D eigenvalue weighted by molar-refractivity contribution is 6.30. The summed E-state index contributed by atoms with van der Waals surface area (Å²) in [7, 11) is 1.79. The van der Waals surface area contributed by atoms with Crippen LogP contribution in [0.1, 0.15) is 18.9 Å². The zero-order valence-electron chi connectivity index (χ0n) is 16.2. The average Bonchev–Trinajstić information content (AvgIpc) is 3.41. The summed E-state index contributed by atoms with van der Waals surface area (Å²) in [6.45, 7) is 2.00. The number of methoxy groups -OCH3 is 1. The van der Waals surface area contributed by atoms with Gasteiger partial charge in [0, 0.05) is 32.6 Å². The third-order valence-electron chi connectivity index (χ3n) is 6.20. The molecule has 1 saturated heterocycles. The van der Waals surface area contributed by atoms with E-state index in [1.165, 1.54) is 0 Å². The van der Waals surface area contributed by atoms with Crippen LogP contribution in [0, 0.1) is 11.8 Å². The molecule has 4 heterocycles. The van der Waals surface area contributed by atoms with Crippen molar-refractivity contribution in [1.29, 1.82) is 0 Å². The number of halogens is 1. The molecule has 0 N–H and O–H groups in total. The minimum Gasteiger partial charge on any atom is -0.379 e. The standard InChI is InChI=1S/C21H23ClN6O/c1-29-20-9-15-12-27(21-6-5-16(22)10-24-21)11-14(15)8-19(20)28-13-18(25-26-28)17-4-2-3-7-23-17/h2-7,10,13-15,19-20H,8-9,11-12H2,1H3/t14-,15+,19-,20-/m1/s1. The lowest BCUT2D eigenvalue weighted by molar-refractivity contribution is -0.00541. The highest BCUT2D eigenvalue weighted by Crippen LogP contribution is 2.43. The molecule has 0 bridgehead atoms. The second-order valence-corrected chi connectivity index (χ2v) is 8.31. The number of aromatic nitrogens is 5. The van der Waals surface area contributed by atoms with Crippen LogP contribution in [0.15, 0.2) is 48.9 Å². The number of rotatable bonds is 4. The number of pyridine rings is 2. The highest BCUT2D eigenvalue weighted by Gasteiger charge is 2.43. The van der Waals surface area contributed by atoms with E-state index in [9.17, 15) is 0 Å². The van der Waals surface area contributed by atoms with Crippen molar-refractivity contribution < 1.29 is 4.74 Å². The maximum atomic E-state index is 5.99. The molecule has 0 unspecified atom stereocenters. The fraction of sp³-hybridized carbons (Fsp3) is 0.429. The van der Waals surface area contributed by atoms with Gasteiger partial charge in [0.05, 0.1) is 29.1 Å². The van der Waals surface area contributed by atoms with Gasteiger partial charge in [-0.3, -0.25) is 4.98 Å². The van der Waals surface area contributed by atoms with Crippen LogP contribution in [0.5, 0.6) is 0 Å². The number of anilines is 1. The first-order chi connectivity index (χ1) is 14.2. The molecule has 1 saturated carbocycles. The molecule has 150 valence electrons. The van der Waals surface area contributed by atoms with Crippen molar-refractivity contribution in [1.82, 2.24) is 25.0 Å². The molecule has 0 radical (unpaired) electrons. The topological polar surface area (TPSA) is 69.0 Å². The lowest BCUT2D eigenvalue weighted by Crippen LogP contribution is -2.37. The Balaban J connectivity index is 1.35. The summed E-state index contributed by atoms with van der Waals surface area (Å²) in [5.41, 5.74) is 1.63. The Hall–Kier alpha value is -2.51. The molecule has 1 aliphatic carbocycles. The molecular weight excluding hydrogens is 388 g/mol. The maximum Gasteiger partial charge on any atom is 0.131 e. The lowest BCUT2D eigenvalue weighted by Gasteiger charge is -2.36. The first kappa shape index (κ1) is 18.5. The van der Waals surface area contributed by atoms with Gasteiger partial charge in [-0.25, -0.2) is 9.67 Å². The molecule has 29 heavy (non-hydrogen) atoms. The third-order valence-corrected chi connectivity index (χ3v) is 6.42. The molecular formula is C21H23ClN6O. The van der Waals surface area contributed by atoms with Crippen LogP contribution in [0.3, 0.4) is 0 Å². The van der Waals surface area contributed by atoms with Gasteiger partial charge in [-0.1, -0.05) is 22.9 Å². The number of nitrogens with zero attached hydrogens (tertiary/aromatic N) is 6. The summed E-state index contributed by atoms with van der Waals surface area (Å²) >= 11 is 5.99. The summed E-state index contributed by atoms with van der Waals surface area (Å²) in [5, 5.41) is 9.44. The van der Waals surface area contributed by atoms with E-state index in [4.69, 9.17) is 16.3 Å². The summed E-state index contributed by atoms with van der Waals surface area (Å²) < 4.78 is 7.85. The van der Waals surface area contributed by atoms with Crippen molar-refractivity contribution in [3.63, 3.8) is 0 Å². The number of ether oxygens (including phenoxy) is 1. The van der Waals surface area contributed by atoms with Gasteiger partial charge in [0.25, 0.3) is 0 Å². The Labute approximate surface area is 174 Å². The van der Waals surface area contributed by atoms with Gasteiger partial charge in [-0.15, -0.1) is 5.10 Å². The Kier molecular flexibility index (Phi) is 4.93. The van der Waals surface area contributed by atoms with Crippen LogP contribution in [-0.2, 0) is 4.74 Å². The molecule has 1 aliphatic heterocycles. The van der Waals surface area contributed by atoms with Gasteiger partial charge in [0.1, 0.15) is 11.5 Å². The van der Waals surface area contributed by atoms with Crippen molar-refractivity contribution in [2.75, 3.05) is 25.1 Å². The van der Waals surface area contributed by atoms with Crippen LogP contribution < -0.4 is 4.90 Å². The van der Waals surface area contributed by atoms with E-state index in [2.05, 4.69) is 25.2 Å². The summed E-state index contributed by atoms with van der Waals surface area (Å²) in [6.07, 6.45) is 7.62. The molecule has 5 rings (SSSR count). The van der Waals surface area contributed by atoms with Crippen LogP contribution >= 0.6 is 11.6 Å². The fourth-order valence-corrected chi connectivity index (χ4v) is 4.85. The molecule has 0 aromatic carbocycles. The predicted octanol–water partition coefficient (Wildman–Crippen LogP) is 3.49. The first-order valence-electron chi connectivity index (χ1n) is 9.94. The smallest absolute Gasteiger partial charge is 0.131 e. The first-order valence-corrected chi connectivity index (χ1v) is 10.3. The number of hydrogen-bond donors (Lipinski definition) is 0. The van der Waals surface area contributed by atoms with E-state index in [1.807, 2.05) is 41.2 Å². The molecule has 2 aliphatic rings. The van der Waals surface area contributed by atoms with Crippen LogP contribution in [0.25, 0.3) is 11.4 Å². The zero-order valence-corrected chi connectivity index (χ0v) is 17.0.